The van der Waals surface area contributed by atoms with Crippen LogP contribution in [-0.4, -0.2) is 46.9 Å². The standard InChI is InChI=1S/C18H21N7OS/c1-12-8-14(27-23-12)9-16-21-15-4-6-25(13-10-20-24(2)11-13)17(15)18(22-16)19-5-3-7-26/h4,6,8,10-11,26H,3,5,7,9H2,1-2H3,(H,19,21,22). The van der Waals surface area contributed by atoms with Gasteiger partial charge >= 0.3 is 0 Å². The molecule has 27 heavy (non-hydrogen) atoms. The molecule has 0 bridgehead atoms. The van der Waals surface area contributed by atoms with E-state index in [9.17, 15) is 0 Å². The molecule has 0 aromatic carbocycles. The van der Waals surface area contributed by atoms with Crippen molar-refractivity contribution in [3.05, 3.63) is 47.1 Å². The first-order chi connectivity index (χ1) is 13.1. The van der Waals surface area contributed by atoms with E-state index in [0.29, 0.717) is 19.4 Å². The molecule has 0 atom stereocenters. The van der Waals surface area contributed by atoms with Crippen molar-refractivity contribution in [1.82, 2.24) is 28.7 Å². The third-order valence-electron chi connectivity index (χ3n) is 4.19. The summed E-state index contributed by atoms with van der Waals surface area (Å²) in [5, 5.41) is 16.7. The van der Waals surface area contributed by atoms with E-state index in [1.165, 1.54) is 11.5 Å². The monoisotopic (exact) mass is 383 g/mol. The summed E-state index contributed by atoms with van der Waals surface area (Å²) in [6.07, 6.45) is 7.04. The lowest BCUT2D eigenvalue weighted by atomic mass is 10.3. The van der Waals surface area contributed by atoms with Gasteiger partial charge < -0.3 is 15.0 Å². The fourth-order valence-corrected chi connectivity index (χ4v) is 3.72. The molecule has 0 fully saturated rings. The number of nitrogens with zero attached hydrogens (tertiary/aromatic N) is 6. The Labute approximate surface area is 160 Å². The molecule has 0 unspecified atom stereocenters. The quantitative estimate of drug-likeness (QED) is 0.476. The molecular weight excluding hydrogens is 362 g/mol. The Kier molecular flexibility index (Phi) is 4.87. The summed E-state index contributed by atoms with van der Waals surface area (Å²) in [7, 11) is 1.89. The van der Waals surface area contributed by atoms with Crippen molar-refractivity contribution in [1.29, 1.82) is 0 Å². The lowest BCUT2D eigenvalue weighted by Crippen LogP contribution is -2.09. The molecule has 0 saturated carbocycles. The molecule has 4 rings (SSSR count). The highest BCUT2D eigenvalue weighted by Gasteiger charge is 2.15. The van der Waals surface area contributed by atoms with Gasteiger partial charge in [-0.2, -0.15) is 9.47 Å². The van der Waals surface area contributed by atoms with Gasteiger partial charge in [0.2, 0.25) is 0 Å². The summed E-state index contributed by atoms with van der Waals surface area (Å²) in [6.45, 7) is 2.76. The summed E-state index contributed by atoms with van der Waals surface area (Å²) < 4.78 is 8.13. The highest BCUT2D eigenvalue weighted by Crippen LogP contribution is 2.26. The average Bonchev–Trinajstić information content (AvgIpc) is 3.35. The normalized spacial score (nSPS) is 11.4. The lowest BCUT2D eigenvalue weighted by Gasteiger charge is -2.11. The highest BCUT2D eigenvalue weighted by atomic mass is 32.1. The number of nitrogens with one attached hydrogen (secondary N) is 1. The van der Waals surface area contributed by atoms with Crippen LogP contribution in [0.15, 0.2) is 30.7 Å². The van der Waals surface area contributed by atoms with E-state index >= 15 is 0 Å². The van der Waals surface area contributed by atoms with Crippen molar-refractivity contribution in [2.45, 2.75) is 19.8 Å². The molecule has 9 heteroatoms. The molecule has 4 heterocycles. The number of rotatable bonds is 7. The Bertz CT molecular complexity index is 1060. The summed E-state index contributed by atoms with van der Waals surface area (Å²) in [5.41, 5.74) is 3.74. The van der Waals surface area contributed by atoms with Crippen molar-refractivity contribution in [2.75, 3.05) is 18.5 Å². The first-order valence-corrected chi connectivity index (χ1v) is 9.55. The minimum absolute atomic E-state index is 0.137. The number of aromatic nitrogens is 6. The van der Waals surface area contributed by atoms with Crippen LogP contribution in [0.5, 0.6) is 0 Å². The summed E-state index contributed by atoms with van der Waals surface area (Å²) >= 11 is 1.48. The predicted octanol–water partition coefficient (Wildman–Crippen LogP) is 2.30. The number of anilines is 1. The van der Waals surface area contributed by atoms with Crippen molar-refractivity contribution < 1.29 is 5.11 Å². The van der Waals surface area contributed by atoms with E-state index < -0.39 is 0 Å². The minimum atomic E-state index is 0.137. The van der Waals surface area contributed by atoms with Gasteiger partial charge in [-0.1, -0.05) is 0 Å². The van der Waals surface area contributed by atoms with Gasteiger partial charge in [0.05, 0.1) is 23.1 Å². The maximum atomic E-state index is 9.11. The molecule has 0 radical (unpaired) electrons. The van der Waals surface area contributed by atoms with Crippen LogP contribution in [0, 0.1) is 6.92 Å². The molecule has 0 spiro atoms. The van der Waals surface area contributed by atoms with Gasteiger partial charge in [0, 0.05) is 43.9 Å². The first kappa shape index (κ1) is 17.6. The SMILES string of the molecule is Cc1cc(Cc2nc(NCCCO)c3c(ccn3-c3cnn(C)c3)n2)sn1. The molecule has 8 nitrogen and oxygen atoms in total. The van der Waals surface area contributed by atoms with Crippen LogP contribution < -0.4 is 5.32 Å². The molecule has 0 amide bonds. The van der Waals surface area contributed by atoms with Crippen LogP contribution in [0.25, 0.3) is 16.7 Å². The van der Waals surface area contributed by atoms with Crippen molar-refractivity contribution in [3.8, 4) is 5.69 Å². The minimum Gasteiger partial charge on any atom is -0.396 e. The maximum absolute atomic E-state index is 9.11. The Hall–Kier alpha value is -2.78. The van der Waals surface area contributed by atoms with Gasteiger partial charge in [0.25, 0.3) is 0 Å². The predicted molar refractivity (Wildman–Crippen MR) is 105 cm³/mol. The second-order valence-corrected chi connectivity index (χ2v) is 7.29. The number of aliphatic hydroxyl groups excluding tert-OH is 1. The van der Waals surface area contributed by atoms with Crippen LogP contribution in [0.3, 0.4) is 0 Å². The Morgan fingerprint density at radius 1 is 1.30 bits per heavy atom. The van der Waals surface area contributed by atoms with Gasteiger partial charge in [-0.05, 0) is 37.0 Å². The third-order valence-corrected chi connectivity index (χ3v) is 5.06. The van der Waals surface area contributed by atoms with Crippen molar-refractivity contribution in [2.24, 2.45) is 7.05 Å². The van der Waals surface area contributed by atoms with Crippen molar-refractivity contribution >= 4 is 28.4 Å². The van der Waals surface area contributed by atoms with E-state index in [4.69, 9.17) is 15.1 Å². The van der Waals surface area contributed by atoms with Gasteiger partial charge in [-0.25, -0.2) is 9.97 Å². The third kappa shape index (κ3) is 3.69. The fourth-order valence-electron chi connectivity index (χ4n) is 2.99. The van der Waals surface area contributed by atoms with Crippen LogP contribution in [0.4, 0.5) is 5.82 Å². The van der Waals surface area contributed by atoms with Gasteiger partial charge in [0.1, 0.15) is 11.3 Å². The van der Waals surface area contributed by atoms with Gasteiger partial charge in [-0.3, -0.25) is 4.68 Å². The summed E-state index contributed by atoms with van der Waals surface area (Å²) in [5.74, 6) is 1.51. The van der Waals surface area contributed by atoms with Crippen LogP contribution in [-0.2, 0) is 13.5 Å². The Morgan fingerprint density at radius 2 is 2.19 bits per heavy atom. The fraction of sp³-hybridized carbons (Fsp3) is 0.333. The lowest BCUT2D eigenvalue weighted by molar-refractivity contribution is 0.292. The second-order valence-electron chi connectivity index (χ2n) is 6.40. The smallest absolute Gasteiger partial charge is 0.154 e. The van der Waals surface area contributed by atoms with Crippen molar-refractivity contribution in [3.63, 3.8) is 0 Å². The van der Waals surface area contributed by atoms with E-state index in [0.717, 1.165) is 38.9 Å². The second kappa shape index (κ2) is 7.45. The van der Waals surface area contributed by atoms with Crippen LogP contribution in [0.1, 0.15) is 22.8 Å². The summed E-state index contributed by atoms with van der Waals surface area (Å²) in [4.78, 5) is 10.7. The zero-order valence-electron chi connectivity index (χ0n) is 15.3. The van der Waals surface area contributed by atoms with E-state index in [-0.39, 0.29) is 6.61 Å². The Balaban J connectivity index is 1.76. The molecule has 0 aliphatic carbocycles. The first-order valence-electron chi connectivity index (χ1n) is 8.78. The molecular formula is C18H21N7OS. The van der Waals surface area contributed by atoms with Crippen LogP contribution >= 0.6 is 11.5 Å². The zero-order valence-corrected chi connectivity index (χ0v) is 16.1. The topological polar surface area (TPSA) is 93.7 Å². The maximum Gasteiger partial charge on any atom is 0.154 e. The van der Waals surface area contributed by atoms with E-state index in [2.05, 4.69) is 20.9 Å². The molecule has 4 aromatic rings. The van der Waals surface area contributed by atoms with E-state index in [1.54, 1.807) is 4.68 Å². The number of hydrogen-bond donors (Lipinski definition) is 2. The molecule has 0 aliphatic rings. The van der Waals surface area contributed by atoms with Gasteiger partial charge in [-0.15, -0.1) is 0 Å². The summed E-state index contributed by atoms with van der Waals surface area (Å²) in [6, 6.07) is 4.06. The van der Waals surface area contributed by atoms with Gasteiger partial charge in [0.15, 0.2) is 5.82 Å². The van der Waals surface area contributed by atoms with Crippen LogP contribution in [0.2, 0.25) is 0 Å². The zero-order chi connectivity index (χ0) is 18.8. The molecule has 2 N–H and O–H groups in total. The highest BCUT2D eigenvalue weighted by molar-refractivity contribution is 7.05. The molecule has 140 valence electrons. The number of aryl methyl sites for hydroxylation is 2. The molecule has 0 saturated heterocycles. The number of aliphatic hydroxyl groups is 1. The number of fused-ring (bicyclic) bond motifs is 1. The molecule has 0 aliphatic heterocycles. The average molecular weight is 383 g/mol. The largest absolute Gasteiger partial charge is 0.396 e. The van der Waals surface area contributed by atoms with E-state index in [1.807, 2.05) is 43.2 Å². The molecule has 4 aromatic heterocycles. The number of hydrogen-bond acceptors (Lipinski definition) is 7. The Morgan fingerprint density at radius 3 is 2.89 bits per heavy atom.